The summed E-state index contributed by atoms with van der Waals surface area (Å²) in [6.07, 6.45) is 5.95. The van der Waals surface area contributed by atoms with Crippen molar-refractivity contribution in [2.45, 2.75) is 53.4 Å². The largest absolute Gasteiger partial charge is 0.264 e. The number of rotatable bonds is 5. The first-order valence-electron chi connectivity index (χ1n) is 9.91. The second-order valence-electron chi connectivity index (χ2n) is 7.40. The Bertz CT molecular complexity index is 1120. The highest BCUT2D eigenvalue weighted by atomic mass is 32.1. The maximum Gasteiger partial charge on any atom is 0.158 e. The first kappa shape index (κ1) is 18.8. The first-order valence-corrected chi connectivity index (χ1v) is 10.7. The van der Waals surface area contributed by atoms with Gasteiger partial charge in [-0.2, -0.15) is 5.10 Å². The summed E-state index contributed by atoms with van der Waals surface area (Å²) in [5.41, 5.74) is 7.90. The highest BCUT2D eigenvalue weighted by molar-refractivity contribution is 7.19. The van der Waals surface area contributed by atoms with E-state index in [1.165, 1.54) is 20.9 Å². The molecule has 0 atom stereocenters. The number of aryl methyl sites for hydroxylation is 3. The Labute approximate surface area is 170 Å². The van der Waals surface area contributed by atoms with Crippen LogP contribution in [0.5, 0.6) is 0 Å². The summed E-state index contributed by atoms with van der Waals surface area (Å²) in [5, 5.41) is 4.86. The van der Waals surface area contributed by atoms with Gasteiger partial charge < -0.3 is 0 Å². The van der Waals surface area contributed by atoms with Crippen molar-refractivity contribution in [2.24, 2.45) is 0 Å². The normalized spacial score (nSPS) is 11.6. The second-order valence-corrected chi connectivity index (χ2v) is 8.45. The average Bonchev–Trinajstić information content (AvgIpc) is 3.22. The molecule has 0 spiro atoms. The lowest BCUT2D eigenvalue weighted by atomic mass is 9.95. The van der Waals surface area contributed by atoms with Crippen molar-refractivity contribution in [1.29, 1.82) is 0 Å². The third-order valence-corrected chi connectivity index (χ3v) is 6.71. The zero-order chi connectivity index (χ0) is 19.8. The molecule has 0 unspecified atom stereocenters. The molecule has 4 aromatic heterocycles. The van der Waals surface area contributed by atoms with Crippen molar-refractivity contribution in [3.05, 3.63) is 59.2 Å². The van der Waals surface area contributed by atoms with Gasteiger partial charge in [-0.05, 0) is 63.3 Å². The van der Waals surface area contributed by atoms with Gasteiger partial charge in [0.2, 0.25) is 0 Å². The molecule has 28 heavy (non-hydrogen) atoms. The minimum atomic E-state index is 0.509. The van der Waals surface area contributed by atoms with Crippen molar-refractivity contribution in [3.8, 4) is 21.0 Å². The SMILES string of the molecule is CCC(CC)c1cc(C)nn2c(-c3sc(-c4cccnc4)cc3C)c(C)nc12. The third kappa shape index (κ3) is 3.14. The van der Waals surface area contributed by atoms with Crippen molar-refractivity contribution < 1.29 is 0 Å². The van der Waals surface area contributed by atoms with Crippen molar-refractivity contribution in [3.63, 3.8) is 0 Å². The molecule has 0 bridgehead atoms. The fourth-order valence-corrected chi connectivity index (χ4v) is 5.18. The van der Waals surface area contributed by atoms with Crippen molar-refractivity contribution in [2.75, 3.05) is 0 Å². The number of pyridine rings is 1. The molecule has 4 aromatic rings. The van der Waals surface area contributed by atoms with Crippen LogP contribution in [-0.4, -0.2) is 19.6 Å². The van der Waals surface area contributed by atoms with Gasteiger partial charge in [0.1, 0.15) is 5.69 Å². The summed E-state index contributed by atoms with van der Waals surface area (Å²) in [4.78, 5) is 11.7. The predicted molar refractivity (Wildman–Crippen MR) is 117 cm³/mol. The number of imidazole rings is 1. The van der Waals surface area contributed by atoms with Gasteiger partial charge in [-0.25, -0.2) is 9.50 Å². The molecule has 0 fully saturated rings. The minimum absolute atomic E-state index is 0.509. The zero-order valence-electron chi connectivity index (χ0n) is 17.2. The molecule has 4 heterocycles. The molecule has 0 saturated carbocycles. The maximum atomic E-state index is 4.97. The van der Waals surface area contributed by atoms with E-state index >= 15 is 0 Å². The van der Waals surface area contributed by atoms with Gasteiger partial charge in [0, 0.05) is 28.4 Å². The highest BCUT2D eigenvalue weighted by Gasteiger charge is 2.22. The maximum absolute atomic E-state index is 4.97. The Morgan fingerprint density at radius 1 is 1.11 bits per heavy atom. The van der Waals surface area contributed by atoms with Crippen LogP contribution in [-0.2, 0) is 0 Å². The molecule has 5 heteroatoms. The molecular weight excluding hydrogens is 364 g/mol. The first-order chi connectivity index (χ1) is 13.5. The van der Waals surface area contributed by atoms with Gasteiger partial charge in [-0.1, -0.05) is 19.9 Å². The summed E-state index contributed by atoms with van der Waals surface area (Å²) < 4.78 is 2.07. The Kier molecular flexibility index (Phi) is 5.02. The fraction of sp³-hybridized carbons (Fsp3) is 0.348. The second kappa shape index (κ2) is 7.47. The standard InChI is InChI=1S/C23H26N4S/c1-6-17(7-2)19-12-15(4)26-27-21(16(5)25-23(19)27)22-14(3)11-20(28-22)18-9-8-10-24-13-18/h8-13,17H,6-7H2,1-5H3. The van der Waals surface area contributed by atoms with Crippen LogP contribution >= 0.6 is 11.3 Å². The van der Waals surface area contributed by atoms with Gasteiger partial charge in [0.15, 0.2) is 5.65 Å². The summed E-state index contributed by atoms with van der Waals surface area (Å²) in [5.74, 6) is 0.509. The molecule has 0 aromatic carbocycles. The number of nitrogens with zero attached hydrogens (tertiary/aromatic N) is 4. The lowest BCUT2D eigenvalue weighted by Crippen LogP contribution is -2.05. The molecule has 4 rings (SSSR count). The van der Waals surface area contributed by atoms with Crippen LogP contribution in [0.4, 0.5) is 0 Å². The molecule has 4 nitrogen and oxygen atoms in total. The smallest absolute Gasteiger partial charge is 0.158 e. The lowest BCUT2D eigenvalue weighted by Gasteiger charge is -2.14. The van der Waals surface area contributed by atoms with Gasteiger partial charge in [0.05, 0.1) is 16.3 Å². The number of hydrogen-bond donors (Lipinski definition) is 0. The van der Waals surface area contributed by atoms with E-state index in [0.29, 0.717) is 5.92 Å². The summed E-state index contributed by atoms with van der Waals surface area (Å²) >= 11 is 1.79. The topological polar surface area (TPSA) is 43.1 Å². The lowest BCUT2D eigenvalue weighted by molar-refractivity contribution is 0.638. The Hall–Kier alpha value is -2.53. The van der Waals surface area contributed by atoms with E-state index in [2.05, 4.69) is 62.3 Å². The van der Waals surface area contributed by atoms with E-state index < -0.39 is 0 Å². The molecule has 0 aliphatic rings. The van der Waals surface area contributed by atoms with Gasteiger partial charge in [0.25, 0.3) is 0 Å². The third-order valence-electron chi connectivity index (χ3n) is 5.41. The Morgan fingerprint density at radius 2 is 1.89 bits per heavy atom. The summed E-state index contributed by atoms with van der Waals surface area (Å²) in [6.45, 7) is 10.8. The van der Waals surface area contributed by atoms with E-state index in [4.69, 9.17) is 10.1 Å². The molecule has 0 radical (unpaired) electrons. The molecule has 144 valence electrons. The zero-order valence-corrected chi connectivity index (χ0v) is 18.0. The number of fused-ring (bicyclic) bond motifs is 1. The quantitative estimate of drug-likeness (QED) is 0.399. The van der Waals surface area contributed by atoms with E-state index in [0.717, 1.165) is 41.1 Å². The van der Waals surface area contributed by atoms with Gasteiger partial charge in [-0.15, -0.1) is 11.3 Å². The molecule has 0 amide bonds. The van der Waals surface area contributed by atoms with Crippen molar-refractivity contribution >= 4 is 17.0 Å². The highest BCUT2D eigenvalue weighted by Crippen LogP contribution is 2.40. The Balaban J connectivity index is 1.93. The molecule has 0 saturated heterocycles. The minimum Gasteiger partial charge on any atom is -0.264 e. The van der Waals surface area contributed by atoms with Crippen LogP contribution in [0.3, 0.4) is 0 Å². The molecule has 0 aliphatic carbocycles. The average molecular weight is 391 g/mol. The van der Waals surface area contributed by atoms with Crippen LogP contribution in [0.2, 0.25) is 0 Å². The van der Waals surface area contributed by atoms with E-state index in [1.54, 1.807) is 11.3 Å². The van der Waals surface area contributed by atoms with E-state index in [1.807, 2.05) is 18.5 Å². The molecular formula is C23H26N4S. The molecule has 0 aliphatic heterocycles. The summed E-state index contributed by atoms with van der Waals surface area (Å²) in [6, 6.07) is 8.55. The summed E-state index contributed by atoms with van der Waals surface area (Å²) in [7, 11) is 0. The fourth-order valence-electron chi connectivity index (χ4n) is 3.94. The van der Waals surface area contributed by atoms with Crippen LogP contribution in [0, 0.1) is 20.8 Å². The van der Waals surface area contributed by atoms with Crippen LogP contribution in [0.1, 0.15) is 55.1 Å². The number of thiophene rings is 1. The van der Waals surface area contributed by atoms with Gasteiger partial charge >= 0.3 is 0 Å². The molecule has 0 N–H and O–H groups in total. The van der Waals surface area contributed by atoms with E-state index in [9.17, 15) is 0 Å². The Morgan fingerprint density at radius 3 is 2.57 bits per heavy atom. The van der Waals surface area contributed by atoms with Crippen LogP contribution < -0.4 is 0 Å². The predicted octanol–water partition coefficient (Wildman–Crippen LogP) is 6.35. The van der Waals surface area contributed by atoms with Crippen molar-refractivity contribution in [1.82, 2.24) is 19.6 Å². The monoisotopic (exact) mass is 390 g/mol. The number of hydrogen-bond acceptors (Lipinski definition) is 4. The van der Waals surface area contributed by atoms with Crippen LogP contribution in [0.15, 0.2) is 36.7 Å². The number of aromatic nitrogens is 4. The van der Waals surface area contributed by atoms with Crippen LogP contribution in [0.25, 0.3) is 26.7 Å². The van der Waals surface area contributed by atoms with E-state index in [-0.39, 0.29) is 0 Å². The van der Waals surface area contributed by atoms with Gasteiger partial charge in [-0.3, -0.25) is 4.98 Å².